The van der Waals surface area contributed by atoms with Crippen molar-refractivity contribution in [3.8, 4) is 0 Å². The van der Waals surface area contributed by atoms with Crippen molar-refractivity contribution in [2.75, 3.05) is 13.2 Å². The first-order valence-electron chi connectivity index (χ1n) is 5.88. The van der Waals surface area contributed by atoms with Crippen LogP contribution in [0.15, 0.2) is 11.7 Å². The Bertz CT molecular complexity index is 461. The van der Waals surface area contributed by atoms with Gasteiger partial charge in [0.1, 0.15) is 0 Å². The zero-order valence-corrected chi connectivity index (χ0v) is 11.6. The largest absolute Gasteiger partial charge is 0.395 e. The van der Waals surface area contributed by atoms with Crippen molar-refractivity contribution in [2.24, 2.45) is 0 Å². The van der Waals surface area contributed by atoms with Crippen LogP contribution in [-0.2, 0) is 16.8 Å². The first kappa shape index (κ1) is 13.9. The van der Waals surface area contributed by atoms with Crippen molar-refractivity contribution in [1.29, 1.82) is 0 Å². The molecule has 18 heavy (non-hydrogen) atoms. The van der Waals surface area contributed by atoms with Crippen molar-refractivity contribution < 1.29 is 13.5 Å². The second-order valence-electron chi connectivity index (χ2n) is 4.24. The van der Waals surface area contributed by atoms with E-state index in [1.807, 2.05) is 0 Å². The summed E-state index contributed by atoms with van der Waals surface area (Å²) in [5.41, 5.74) is 1.67. The van der Waals surface area contributed by atoms with Crippen LogP contribution in [-0.4, -0.2) is 42.0 Å². The number of hydrogen-bond donors (Lipinski definition) is 2. The Labute approximate surface area is 111 Å². The summed E-state index contributed by atoms with van der Waals surface area (Å²) in [5, 5.41) is 9.24. The monoisotopic (exact) mass is 291 g/mol. The quantitative estimate of drug-likeness (QED) is 0.819. The van der Waals surface area contributed by atoms with Crippen LogP contribution in [0, 0.1) is 0 Å². The second-order valence-corrected chi connectivity index (χ2v) is 6.92. The van der Waals surface area contributed by atoms with E-state index in [0.717, 1.165) is 24.1 Å². The van der Waals surface area contributed by atoms with Gasteiger partial charge < -0.3 is 5.11 Å². The summed E-state index contributed by atoms with van der Waals surface area (Å²) in [5.74, 6) is 0. The smallest absolute Gasteiger partial charge is 0.280 e. The van der Waals surface area contributed by atoms with Gasteiger partial charge in [-0.15, -0.1) is 11.3 Å². The summed E-state index contributed by atoms with van der Waals surface area (Å²) >= 11 is 1.41. The molecule has 2 rings (SSSR count). The average molecular weight is 291 g/mol. The van der Waals surface area contributed by atoms with Crippen molar-refractivity contribution in [1.82, 2.24) is 14.0 Å². The summed E-state index contributed by atoms with van der Waals surface area (Å²) in [7, 11) is -3.52. The van der Waals surface area contributed by atoms with E-state index < -0.39 is 10.2 Å². The lowest BCUT2D eigenvalue weighted by Crippen LogP contribution is -2.50. The van der Waals surface area contributed by atoms with Crippen molar-refractivity contribution in [3.05, 3.63) is 16.6 Å². The number of aliphatic hydroxyl groups is 1. The molecule has 1 aliphatic rings. The SMILES string of the molecule is O=S(=O)(NCc1cncs1)N1CCCCC1CO. The van der Waals surface area contributed by atoms with E-state index in [2.05, 4.69) is 9.71 Å². The first-order chi connectivity index (χ1) is 8.63. The van der Waals surface area contributed by atoms with Gasteiger partial charge in [-0.2, -0.15) is 17.4 Å². The Morgan fingerprint density at radius 3 is 3.06 bits per heavy atom. The van der Waals surface area contributed by atoms with Crippen molar-refractivity contribution in [2.45, 2.75) is 31.8 Å². The molecule has 0 saturated carbocycles. The molecule has 0 bridgehead atoms. The van der Waals surface area contributed by atoms with Gasteiger partial charge in [-0.05, 0) is 12.8 Å². The van der Waals surface area contributed by atoms with Gasteiger partial charge in [-0.3, -0.25) is 4.98 Å². The molecule has 2 heterocycles. The standard InChI is InChI=1S/C10H17N3O3S2/c14-7-9-3-1-2-4-13(9)18(15,16)12-6-10-5-11-8-17-10/h5,8-9,12,14H,1-4,6-7H2. The lowest BCUT2D eigenvalue weighted by molar-refractivity contribution is 0.154. The Morgan fingerprint density at radius 2 is 2.39 bits per heavy atom. The van der Waals surface area contributed by atoms with Gasteiger partial charge >= 0.3 is 0 Å². The van der Waals surface area contributed by atoms with Crippen LogP contribution in [0.4, 0.5) is 0 Å². The molecule has 6 nitrogen and oxygen atoms in total. The van der Waals surface area contributed by atoms with Crippen LogP contribution in [0.3, 0.4) is 0 Å². The molecule has 0 amide bonds. The van der Waals surface area contributed by atoms with E-state index in [4.69, 9.17) is 0 Å². The molecule has 0 aromatic carbocycles. The van der Waals surface area contributed by atoms with E-state index in [1.165, 1.54) is 15.6 Å². The third-order valence-corrected chi connectivity index (χ3v) is 5.39. The van der Waals surface area contributed by atoms with Gasteiger partial charge in [0.25, 0.3) is 10.2 Å². The minimum atomic E-state index is -3.52. The molecule has 1 aromatic rings. The molecular weight excluding hydrogens is 274 g/mol. The van der Waals surface area contributed by atoms with Gasteiger partial charge in [-0.25, -0.2) is 0 Å². The number of rotatable bonds is 5. The number of nitrogens with one attached hydrogen (secondary N) is 1. The topological polar surface area (TPSA) is 82.5 Å². The van der Waals surface area contributed by atoms with E-state index in [-0.39, 0.29) is 19.2 Å². The average Bonchev–Trinajstić information content (AvgIpc) is 2.89. The molecule has 1 aromatic heterocycles. The number of nitrogens with zero attached hydrogens (tertiary/aromatic N) is 2. The first-order valence-corrected chi connectivity index (χ1v) is 8.20. The zero-order chi connectivity index (χ0) is 13.0. The van der Waals surface area contributed by atoms with Gasteiger partial charge in [-0.1, -0.05) is 6.42 Å². The molecule has 1 atom stereocenters. The number of piperidine rings is 1. The number of aliphatic hydroxyl groups excluding tert-OH is 1. The molecule has 1 fully saturated rings. The molecule has 1 saturated heterocycles. The van der Waals surface area contributed by atoms with E-state index in [1.54, 1.807) is 11.7 Å². The van der Waals surface area contributed by atoms with Crippen LogP contribution in [0.25, 0.3) is 0 Å². The molecule has 0 spiro atoms. The van der Waals surface area contributed by atoms with Crippen LogP contribution < -0.4 is 4.72 Å². The molecule has 8 heteroatoms. The summed E-state index contributed by atoms with van der Waals surface area (Å²) in [6.07, 6.45) is 4.18. The van der Waals surface area contributed by atoms with Crippen LogP contribution >= 0.6 is 11.3 Å². The fraction of sp³-hybridized carbons (Fsp3) is 0.700. The normalized spacial score (nSPS) is 22.2. The van der Waals surface area contributed by atoms with E-state index in [9.17, 15) is 13.5 Å². The molecule has 1 unspecified atom stereocenters. The predicted molar refractivity (Wildman–Crippen MR) is 69.3 cm³/mol. The van der Waals surface area contributed by atoms with E-state index >= 15 is 0 Å². The molecule has 0 aliphatic carbocycles. The molecule has 0 radical (unpaired) electrons. The third-order valence-electron chi connectivity index (χ3n) is 3.00. The molecule has 102 valence electrons. The van der Waals surface area contributed by atoms with Gasteiger partial charge in [0, 0.05) is 30.2 Å². The maximum absolute atomic E-state index is 12.1. The number of hydrogen-bond acceptors (Lipinski definition) is 5. The predicted octanol–water partition coefficient (Wildman–Crippen LogP) is 0.324. The Morgan fingerprint density at radius 1 is 1.56 bits per heavy atom. The highest BCUT2D eigenvalue weighted by Crippen LogP contribution is 2.19. The molecule has 2 N–H and O–H groups in total. The highest BCUT2D eigenvalue weighted by Gasteiger charge is 2.31. The van der Waals surface area contributed by atoms with Gasteiger partial charge in [0.2, 0.25) is 0 Å². The van der Waals surface area contributed by atoms with Gasteiger partial charge in [0.15, 0.2) is 0 Å². The Hall–Kier alpha value is -0.540. The zero-order valence-electron chi connectivity index (χ0n) is 9.95. The van der Waals surface area contributed by atoms with Crippen LogP contribution in [0.5, 0.6) is 0 Å². The fourth-order valence-corrected chi connectivity index (χ4v) is 4.11. The lowest BCUT2D eigenvalue weighted by Gasteiger charge is -2.33. The second kappa shape index (κ2) is 6.07. The summed E-state index contributed by atoms with van der Waals surface area (Å²) in [4.78, 5) is 4.77. The highest BCUT2D eigenvalue weighted by molar-refractivity contribution is 7.87. The maximum atomic E-state index is 12.1. The van der Waals surface area contributed by atoms with E-state index in [0.29, 0.717) is 6.54 Å². The maximum Gasteiger partial charge on any atom is 0.280 e. The van der Waals surface area contributed by atoms with Crippen molar-refractivity contribution in [3.63, 3.8) is 0 Å². The highest BCUT2D eigenvalue weighted by atomic mass is 32.2. The third kappa shape index (κ3) is 3.27. The van der Waals surface area contributed by atoms with Crippen molar-refractivity contribution >= 4 is 21.5 Å². The number of aromatic nitrogens is 1. The fourth-order valence-electron chi connectivity index (χ4n) is 2.05. The minimum Gasteiger partial charge on any atom is -0.395 e. The Balaban J connectivity index is 2.00. The summed E-state index contributed by atoms with van der Waals surface area (Å²) in [6.45, 7) is 0.604. The summed E-state index contributed by atoms with van der Waals surface area (Å²) < 4.78 is 28.2. The van der Waals surface area contributed by atoms with Gasteiger partial charge in [0.05, 0.1) is 12.1 Å². The minimum absolute atomic E-state index is 0.124. The van der Waals surface area contributed by atoms with Crippen LogP contribution in [0.2, 0.25) is 0 Å². The van der Waals surface area contributed by atoms with Crippen LogP contribution in [0.1, 0.15) is 24.1 Å². The molecule has 1 aliphatic heterocycles. The summed E-state index contributed by atoms with van der Waals surface area (Å²) in [6, 6.07) is -0.294. The lowest BCUT2D eigenvalue weighted by atomic mass is 10.1. The molecular formula is C10H17N3O3S2. The Kier molecular flexibility index (Phi) is 4.68. The number of thiazole rings is 1.